The highest BCUT2D eigenvalue weighted by Gasteiger charge is 2.44. The van der Waals surface area contributed by atoms with Crippen LogP contribution in [0.5, 0.6) is 0 Å². The van der Waals surface area contributed by atoms with Crippen molar-refractivity contribution in [2.45, 2.75) is 31.7 Å². The highest BCUT2D eigenvalue weighted by molar-refractivity contribution is 5.98. The maximum absolute atomic E-state index is 13.8. The van der Waals surface area contributed by atoms with Gasteiger partial charge in [0.25, 0.3) is 5.91 Å². The van der Waals surface area contributed by atoms with Crippen LogP contribution in [0.3, 0.4) is 0 Å². The van der Waals surface area contributed by atoms with Crippen LogP contribution < -0.4 is 16.1 Å². The minimum absolute atomic E-state index is 0.112. The third kappa shape index (κ3) is 4.68. The Labute approximate surface area is 208 Å². The predicted molar refractivity (Wildman–Crippen MR) is 135 cm³/mol. The number of rotatable bonds is 4. The van der Waals surface area contributed by atoms with Gasteiger partial charge in [-0.05, 0) is 74.7 Å². The summed E-state index contributed by atoms with van der Waals surface area (Å²) in [6.07, 6.45) is 3.48. The Morgan fingerprint density at radius 1 is 1.08 bits per heavy atom. The number of halogens is 1. The van der Waals surface area contributed by atoms with Crippen molar-refractivity contribution in [2.24, 2.45) is 0 Å². The quantitative estimate of drug-likeness (QED) is 0.586. The van der Waals surface area contributed by atoms with Gasteiger partial charge >= 0.3 is 0 Å². The van der Waals surface area contributed by atoms with Gasteiger partial charge in [-0.2, -0.15) is 0 Å². The van der Waals surface area contributed by atoms with Gasteiger partial charge in [0, 0.05) is 19.2 Å². The van der Waals surface area contributed by atoms with E-state index in [1.54, 1.807) is 29.2 Å². The molecule has 0 bridgehead atoms. The van der Waals surface area contributed by atoms with Crippen molar-refractivity contribution in [3.63, 3.8) is 0 Å². The molecule has 2 N–H and O–H groups in total. The number of hydrogen-bond donors (Lipinski definition) is 2. The minimum atomic E-state index is -1.09. The van der Waals surface area contributed by atoms with Crippen LogP contribution in [0.1, 0.15) is 40.9 Å². The molecule has 7 nitrogen and oxygen atoms in total. The van der Waals surface area contributed by atoms with Gasteiger partial charge in [-0.3, -0.25) is 14.4 Å². The Balaban J connectivity index is 1.37. The maximum atomic E-state index is 13.8. The molecule has 8 heteroatoms. The lowest BCUT2D eigenvalue weighted by Crippen LogP contribution is -2.63. The fourth-order valence-electron chi connectivity index (χ4n) is 4.99. The van der Waals surface area contributed by atoms with Crippen molar-refractivity contribution in [3.05, 3.63) is 87.5 Å². The van der Waals surface area contributed by atoms with Crippen LogP contribution in [0.25, 0.3) is 16.5 Å². The highest BCUT2D eigenvalue weighted by atomic mass is 19.1. The Hall–Kier alpha value is -3.78. The zero-order valence-electron chi connectivity index (χ0n) is 20.1. The summed E-state index contributed by atoms with van der Waals surface area (Å²) in [6, 6.07) is 12.7. The van der Waals surface area contributed by atoms with Crippen molar-refractivity contribution in [1.82, 2.24) is 15.5 Å². The molecule has 5 rings (SSSR count). The van der Waals surface area contributed by atoms with Crippen molar-refractivity contribution < 1.29 is 18.4 Å². The van der Waals surface area contributed by atoms with Crippen LogP contribution in [0.2, 0.25) is 0 Å². The van der Waals surface area contributed by atoms with Crippen LogP contribution in [-0.4, -0.2) is 48.4 Å². The van der Waals surface area contributed by atoms with E-state index in [0.717, 1.165) is 16.7 Å². The molecule has 0 spiro atoms. The largest absolute Gasteiger partial charge is 0.451 e. The Kier molecular flexibility index (Phi) is 6.45. The lowest BCUT2D eigenvalue weighted by Gasteiger charge is -2.41. The molecule has 1 aromatic heterocycles. The summed E-state index contributed by atoms with van der Waals surface area (Å²) in [6.45, 7) is 3.94. The summed E-state index contributed by atoms with van der Waals surface area (Å²) < 4.78 is 19.0. The molecule has 2 aliphatic heterocycles. The molecule has 1 fully saturated rings. The summed E-state index contributed by atoms with van der Waals surface area (Å²) in [4.78, 5) is 41.4. The first-order chi connectivity index (χ1) is 17.3. The van der Waals surface area contributed by atoms with E-state index < -0.39 is 11.4 Å². The predicted octanol–water partition coefficient (Wildman–Crippen LogP) is 3.41. The second-order valence-electron chi connectivity index (χ2n) is 9.50. The number of amides is 2. The van der Waals surface area contributed by atoms with Gasteiger partial charge in [-0.1, -0.05) is 29.8 Å². The molecule has 1 saturated heterocycles. The van der Waals surface area contributed by atoms with Crippen LogP contribution >= 0.6 is 0 Å². The van der Waals surface area contributed by atoms with Crippen molar-refractivity contribution in [3.8, 4) is 0 Å². The molecule has 2 amide bonds. The fourth-order valence-corrected chi connectivity index (χ4v) is 4.99. The first kappa shape index (κ1) is 23.9. The zero-order valence-corrected chi connectivity index (χ0v) is 20.1. The molecule has 3 aromatic rings. The second-order valence-corrected chi connectivity index (χ2v) is 9.50. The molecule has 3 heterocycles. The van der Waals surface area contributed by atoms with E-state index in [4.69, 9.17) is 4.42 Å². The number of piperidine rings is 1. The van der Waals surface area contributed by atoms with E-state index in [1.165, 1.54) is 18.2 Å². The van der Waals surface area contributed by atoms with Gasteiger partial charge in [-0.25, -0.2) is 4.39 Å². The monoisotopic (exact) mass is 489 g/mol. The number of hydrogen-bond acceptors (Lipinski definition) is 5. The Morgan fingerprint density at radius 3 is 2.53 bits per heavy atom. The summed E-state index contributed by atoms with van der Waals surface area (Å²) in [5, 5.41) is 6.59. The van der Waals surface area contributed by atoms with E-state index in [2.05, 4.69) is 10.6 Å². The molecule has 0 unspecified atom stereocenters. The summed E-state index contributed by atoms with van der Waals surface area (Å²) in [7, 11) is 0. The molecule has 36 heavy (non-hydrogen) atoms. The van der Waals surface area contributed by atoms with Crippen molar-refractivity contribution in [2.75, 3.05) is 26.2 Å². The molecule has 0 saturated carbocycles. The molecular formula is C28H28FN3O4. The Bertz CT molecular complexity index is 1400. The van der Waals surface area contributed by atoms with Gasteiger partial charge < -0.3 is 20.0 Å². The number of carbonyl (C=O) groups excluding carboxylic acids is 2. The number of nitrogens with one attached hydrogen (secondary N) is 2. The summed E-state index contributed by atoms with van der Waals surface area (Å²) in [5.74, 6) is -1.12. The van der Waals surface area contributed by atoms with E-state index in [-0.39, 0.29) is 22.9 Å². The van der Waals surface area contributed by atoms with Crippen molar-refractivity contribution >= 4 is 28.4 Å². The number of benzene rings is 2. The summed E-state index contributed by atoms with van der Waals surface area (Å²) in [5.41, 5.74) is 1.86. The number of fused-ring (bicyclic) bond motifs is 1. The van der Waals surface area contributed by atoms with Crippen LogP contribution in [0.4, 0.5) is 4.39 Å². The van der Waals surface area contributed by atoms with Gasteiger partial charge in [0.05, 0.1) is 5.39 Å². The average molecular weight is 490 g/mol. The molecule has 0 radical (unpaired) electrons. The zero-order chi connectivity index (χ0) is 25.3. The molecule has 0 aliphatic carbocycles. The normalized spacial score (nSPS) is 17.5. The molecule has 0 atom stereocenters. The van der Waals surface area contributed by atoms with Crippen LogP contribution in [-0.2, 0) is 4.79 Å². The topological polar surface area (TPSA) is 91.7 Å². The lowest BCUT2D eigenvalue weighted by molar-refractivity contribution is -0.138. The summed E-state index contributed by atoms with van der Waals surface area (Å²) >= 11 is 0. The number of aryl methyl sites for hydroxylation is 1. The maximum Gasteiger partial charge on any atom is 0.288 e. The average Bonchev–Trinajstić information content (AvgIpc) is 2.89. The number of carbonyl (C=O) groups is 2. The molecule has 2 aromatic carbocycles. The third-order valence-corrected chi connectivity index (χ3v) is 7.04. The molecule has 186 valence electrons. The van der Waals surface area contributed by atoms with Crippen molar-refractivity contribution in [1.29, 1.82) is 0 Å². The van der Waals surface area contributed by atoms with Gasteiger partial charge in [0.2, 0.25) is 5.91 Å². The standard InChI is InChI=1S/C28H28FN3O4/c1-18-2-7-24-22(16-18)23(33)17-25(36-24)26(34)31-28(10-12-30-13-11-28)27(35)32-14-8-20(9-15-32)19-3-5-21(29)6-4-19/h2-8,16-17,30H,9-15H2,1H3,(H,31,34). The highest BCUT2D eigenvalue weighted by Crippen LogP contribution is 2.27. The third-order valence-electron chi connectivity index (χ3n) is 7.04. The van der Waals surface area contributed by atoms with Gasteiger partial charge in [-0.15, -0.1) is 0 Å². The van der Waals surface area contributed by atoms with E-state index in [1.807, 2.05) is 19.1 Å². The number of nitrogens with zero attached hydrogens (tertiary/aromatic N) is 1. The van der Waals surface area contributed by atoms with Gasteiger partial charge in [0.15, 0.2) is 11.2 Å². The van der Waals surface area contributed by atoms with Crippen LogP contribution in [0, 0.1) is 12.7 Å². The van der Waals surface area contributed by atoms with E-state index in [0.29, 0.717) is 56.4 Å². The van der Waals surface area contributed by atoms with Crippen LogP contribution in [0.15, 0.2) is 63.8 Å². The SMILES string of the molecule is Cc1ccc2oc(C(=O)NC3(C(=O)N4CC=C(c5ccc(F)cc5)CC4)CCNCC3)cc(=O)c2c1. The second kappa shape index (κ2) is 9.70. The van der Waals surface area contributed by atoms with E-state index in [9.17, 15) is 18.8 Å². The molecule has 2 aliphatic rings. The smallest absolute Gasteiger partial charge is 0.288 e. The Morgan fingerprint density at radius 2 is 1.83 bits per heavy atom. The first-order valence-corrected chi connectivity index (χ1v) is 12.2. The van der Waals surface area contributed by atoms with Gasteiger partial charge in [0.1, 0.15) is 16.9 Å². The first-order valence-electron chi connectivity index (χ1n) is 12.2. The van der Waals surface area contributed by atoms with E-state index >= 15 is 0 Å². The molecular weight excluding hydrogens is 461 g/mol. The fraction of sp³-hybridized carbons (Fsp3) is 0.321. The lowest BCUT2D eigenvalue weighted by atomic mass is 9.85. The minimum Gasteiger partial charge on any atom is -0.451 e.